The van der Waals surface area contributed by atoms with Gasteiger partial charge in [-0.1, -0.05) is 18.2 Å². The Hall–Kier alpha value is -1.77. The van der Waals surface area contributed by atoms with Crippen molar-refractivity contribution < 1.29 is 23.1 Å². The third-order valence-corrected chi connectivity index (χ3v) is 4.27. The lowest BCUT2D eigenvalue weighted by Gasteiger charge is -2.28. The number of amides is 1. The van der Waals surface area contributed by atoms with Gasteiger partial charge in [0.05, 0.1) is 18.8 Å². The van der Waals surface area contributed by atoms with Crippen LogP contribution in [-0.4, -0.2) is 54.9 Å². The van der Waals surface area contributed by atoms with Crippen molar-refractivity contribution in [1.29, 1.82) is 0 Å². The summed E-state index contributed by atoms with van der Waals surface area (Å²) in [5.41, 5.74) is 5.56. The molecule has 6 nitrogen and oxygen atoms in total. The van der Waals surface area contributed by atoms with Gasteiger partial charge in [-0.15, -0.1) is 12.4 Å². The fourth-order valence-corrected chi connectivity index (χ4v) is 2.88. The Morgan fingerprint density at radius 2 is 2.04 bits per heavy atom. The third-order valence-electron chi connectivity index (χ3n) is 4.27. The highest BCUT2D eigenvalue weighted by atomic mass is 35.5. The number of nitrogens with two attached hydrogens (primary N) is 1. The number of carbonyl (C=O) groups is 2. The molecule has 2 unspecified atom stereocenters. The second kappa shape index (κ2) is 11.2. The van der Waals surface area contributed by atoms with E-state index in [0.717, 1.165) is 0 Å². The Morgan fingerprint density at radius 3 is 2.63 bits per heavy atom. The summed E-state index contributed by atoms with van der Waals surface area (Å²) >= 11 is 0. The minimum Gasteiger partial charge on any atom is -0.484 e. The molecule has 152 valence electrons. The van der Waals surface area contributed by atoms with Crippen LogP contribution in [0.4, 0.5) is 8.78 Å². The number of benzene rings is 1. The first kappa shape index (κ1) is 23.3. The van der Waals surface area contributed by atoms with Gasteiger partial charge in [-0.05, 0) is 31.4 Å². The Labute approximate surface area is 163 Å². The minimum absolute atomic E-state index is 0. The topological polar surface area (TPSA) is 84.7 Å². The maximum Gasteiger partial charge on any atom is 0.261 e. The third kappa shape index (κ3) is 8.19. The van der Waals surface area contributed by atoms with Crippen LogP contribution in [-0.2, 0) is 9.59 Å². The summed E-state index contributed by atoms with van der Waals surface area (Å²) in [6.45, 7) is -0.382. The summed E-state index contributed by atoms with van der Waals surface area (Å²) in [5, 5.41) is 2.76. The van der Waals surface area contributed by atoms with Gasteiger partial charge in [0.2, 0.25) is 0 Å². The summed E-state index contributed by atoms with van der Waals surface area (Å²) in [4.78, 5) is 24.3. The molecular weight excluding hydrogens is 380 g/mol. The smallest absolute Gasteiger partial charge is 0.261 e. The summed E-state index contributed by atoms with van der Waals surface area (Å²) < 4.78 is 32.4. The van der Waals surface area contributed by atoms with Gasteiger partial charge in [-0.2, -0.15) is 0 Å². The van der Waals surface area contributed by atoms with Crippen molar-refractivity contribution in [1.82, 2.24) is 10.2 Å². The van der Waals surface area contributed by atoms with Gasteiger partial charge in [0.25, 0.3) is 11.8 Å². The molecule has 0 radical (unpaired) electrons. The van der Waals surface area contributed by atoms with Crippen LogP contribution in [0.15, 0.2) is 30.3 Å². The molecule has 0 bridgehead atoms. The molecule has 2 rings (SSSR count). The highest BCUT2D eigenvalue weighted by Crippen LogP contribution is 2.28. The predicted molar refractivity (Wildman–Crippen MR) is 100 cm³/mol. The van der Waals surface area contributed by atoms with E-state index >= 15 is 0 Å². The number of hydrogen-bond acceptors (Lipinski definition) is 5. The molecule has 27 heavy (non-hydrogen) atoms. The molecule has 1 fully saturated rings. The normalized spacial score (nSPS) is 18.2. The molecule has 0 aromatic heterocycles. The van der Waals surface area contributed by atoms with E-state index < -0.39 is 24.7 Å². The van der Waals surface area contributed by atoms with Crippen molar-refractivity contribution >= 4 is 24.6 Å². The minimum atomic E-state index is -2.75. The predicted octanol–water partition coefficient (Wildman–Crippen LogP) is 1.97. The van der Waals surface area contributed by atoms with Crippen LogP contribution in [0.5, 0.6) is 5.75 Å². The van der Waals surface area contributed by atoms with Crippen molar-refractivity contribution in [2.24, 2.45) is 5.73 Å². The maximum atomic E-state index is 13.5. The fraction of sp³-hybridized carbons (Fsp3) is 0.556. The van der Waals surface area contributed by atoms with Gasteiger partial charge in [-0.3, -0.25) is 9.69 Å². The van der Waals surface area contributed by atoms with Crippen molar-refractivity contribution in [2.45, 2.75) is 43.8 Å². The average Bonchev–Trinajstić information content (AvgIpc) is 2.99. The number of nitrogens with one attached hydrogen (secondary N) is 1. The van der Waals surface area contributed by atoms with E-state index in [0.29, 0.717) is 31.3 Å². The second-order valence-corrected chi connectivity index (χ2v) is 6.49. The molecule has 0 spiro atoms. The molecule has 0 aliphatic carbocycles. The molecule has 9 heteroatoms. The van der Waals surface area contributed by atoms with Crippen molar-refractivity contribution in [2.75, 3.05) is 19.7 Å². The van der Waals surface area contributed by atoms with Gasteiger partial charge in [0.1, 0.15) is 12.0 Å². The highest BCUT2D eigenvalue weighted by molar-refractivity contribution is 5.85. The van der Waals surface area contributed by atoms with E-state index in [-0.39, 0.29) is 37.9 Å². The lowest BCUT2D eigenvalue weighted by Crippen LogP contribution is -2.49. The number of rotatable bonds is 10. The van der Waals surface area contributed by atoms with E-state index in [9.17, 15) is 18.4 Å². The average molecular weight is 406 g/mol. The van der Waals surface area contributed by atoms with Crippen LogP contribution in [0.1, 0.15) is 25.7 Å². The fourth-order valence-electron chi connectivity index (χ4n) is 2.88. The van der Waals surface area contributed by atoms with Gasteiger partial charge < -0.3 is 20.6 Å². The lowest BCUT2D eigenvalue weighted by atomic mass is 10.1. The van der Waals surface area contributed by atoms with Gasteiger partial charge in [0.15, 0.2) is 6.61 Å². The SMILES string of the molecule is Cl.NC(C=O)CCCC(NC(=O)COc1ccccc1)N1CCC(F)(F)C1. The van der Waals surface area contributed by atoms with Crippen LogP contribution in [0.2, 0.25) is 0 Å². The number of likely N-dealkylation sites (tertiary alicyclic amines) is 1. The quantitative estimate of drug-likeness (QED) is 0.581. The van der Waals surface area contributed by atoms with Gasteiger partial charge >= 0.3 is 0 Å². The number of ether oxygens (including phenoxy) is 1. The van der Waals surface area contributed by atoms with Crippen LogP contribution < -0.4 is 15.8 Å². The molecule has 1 aromatic rings. The maximum absolute atomic E-state index is 13.5. The first-order valence-corrected chi connectivity index (χ1v) is 8.69. The Balaban J connectivity index is 0.00000364. The molecule has 1 aliphatic rings. The van der Waals surface area contributed by atoms with Crippen molar-refractivity contribution in [3.05, 3.63) is 30.3 Å². The van der Waals surface area contributed by atoms with E-state index in [2.05, 4.69) is 5.32 Å². The molecule has 3 N–H and O–H groups in total. The summed E-state index contributed by atoms with van der Waals surface area (Å²) in [5.74, 6) is -2.57. The Morgan fingerprint density at radius 1 is 1.33 bits per heavy atom. The Kier molecular flexibility index (Phi) is 9.62. The molecule has 2 atom stereocenters. The molecule has 0 saturated carbocycles. The summed E-state index contributed by atoms with van der Waals surface area (Å²) in [6.07, 6.45) is 1.33. The number of nitrogens with zero attached hydrogens (tertiary/aromatic N) is 1. The zero-order valence-electron chi connectivity index (χ0n) is 15.0. The van der Waals surface area contributed by atoms with Gasteiger partial charge in [0, 0.05) is 13.0 Å². The van der Waals surface area contributed by atoms with Crippen LogP contribution in [0.3, 0.4) is 0 Å². The van der Waals surface area contributed by atoms with E-state index in [1.807, 2.05) is 6.07 Å². The van der Waals surface area contributed by atoms with Gasteiger partial charge in [-0.25, -0.2) is 8.78 Å². The first-order chi connectivity index (χ1) is 12.4. The Bertz CT molecular complexity index is 592. The standard InChI is InChI=1S/C18H25F2N3O3.ClH/c19-18(20)9-10-23(13-18)16(8-4-5-14(21)11-24)22-17(25)12-26-15-6-2-1-3-7-15;/h1-3,6-7,11,14,16H,4-5,8-10,12-13,21H2,(H,22,25);1H. The van der Waals surface area contributed by atoms with Crippen LogP contribution >= 0.6 is 12.4 Å². The van der Waals surface area contributed by atoms with Crippen molar-refractivity contribution in [3.8, 4) is 5.75 Å². The molecule has 1 saturated heterocycles. The monoisotopic (exact) mass is 405 g/mol. The number of halogens is 3. The number of para-hydroxylation sites is 1. The van der Waals surface area contributed by atoms with E-state index in [4.69, 9.17) is 10.5 Å². The number of alkyl halides is 2. The summed E-state index contributed by atoms with van der Waals surface area (Å²) in [6, 6.07) is 8.30. The zero-order valence-corrected chi connectivity index (χ0v) is 15.8. The molecule has 1 aliphatic heterocycles. The largest absolute Gasteiger partial charge is 0.484 e. The molecule has 1 aromatic carbocycles. The highest BCUT2D eigenvalue weighted by Gasteiger charge is 2.41. The number of aldehydes is 1. The molecular formula is C18H26ClF2N3O3. The molecule has 1 amide bonds. The number of hydrogen-bond donors (Lipinski definition) is 2. The first-order valence-electron chi connectivity index (χ1n) is 8.69. The number of carbonyl (C=O) groups excluding carboxylic acids is 2. The second-order valence-electron chi connectivity index (χ2n) is 6.49. The molecule has 1 heterocycles. The van der Waals surface area contributed by atoms with Crippen LogP contribution in [0.25, 0.3) is 0 Å². The zero-order chi connectivity index (χ0) is 19.0. The summed E-state index contributed by atoms with van der Waals surface area (Å²) in [7, 11) is 0. The van der Waals surface area contributed by atoms with E-state index in [1.54, 1.807) is 29.2 Å². The van der Waals surface area contributed by atoms with Crippen molar-refractivity contribution in [3.63, 3.8) is 0 Å². The van der Waals surface area contributed by atoms with Crippen LogP contribution in [0, 0.1) is 0 Å². The lowest BCUT2D eigenvalue weighted by molar-refractivity contribution is -0.125. The van der Waals surface area contributed by atoms with E-state index in [1.165, 1.54) is 0 Å².